The minimum atomic E-state index is 0.761. The van der Waals surface area contributed by atoms with Gasteiger partial charge in [0.2, 0.25) is 0 Å². The molecular weight excluding hydrogens is 124 g/mol. The molecule has 0 bridgehead atoms. The Bertz CT molecular complexity index is 205. The van der Waals surface area contributed by atoms with Crippen molar-refractivity contribution in [3.05, 3.63) is 36.2 Å². The maximum Gasteiger partial charge on any atom is 0.122 e. The number of fused-ring (bicyclic) bond motifs is 1. The van der Waals surface area contributed by atoms with E-state index in [0.717, 1.165) is 18.8 Å². The number of hydrogen-bond acceptors (Lipinski definition) is 1. The minimum absolute atomic E-state index is 0.761. The molecule has 0 unspecified atom stereocenters. The Morgan fingerprint density at radius 3 is 3.00 bits per heavy atom. The summed E-state index contributed by atoms with van der Waals surface area (Å²) >= 11 is 0. The molecule has 0 saturated carbocycles. The van der Waals surface area contributed by atoms with Gasteiger partial charge in [0.15, 0.2) is 0 Å². The molecular formula is C9H9O. The van der Waals surface area contributed by atoms with Crippen molar-refractivity contribution in [1.82, 2.24) is 0 Å². The van der Waals surface area contributed by atoms with Crippen LogP contribution < -0.4 is 4.74 Å². The van der Waals surface area contributed by atoms with E-state index >= 15 is 0 Å². The van der Waals surface area contributed by atoms with Crippen LogP contribution in [0.3, 0.4) is 0 Å². The highest BCUT2D eigenvalue weighted by molar-refractivity contribution is 5.35. The molecule has 1 aromatic carbocycles. The van der Waals surface area contributed by atoms with Crippen molar-refractivity contribution in [2.45, 2.75) is 6.42 Å². The zero-order valence-electron chi connectivity index (χ0n) is 5.71. The lowest BCUT2D eigenvalue weighted by atomic mass is 10.1. The molecule has 1 aliphatic rings. The molecule has 0 aromatic heterocycles. The van der Waals surface area contributed by atoms with Gasteiger partial charge in [-0.3, -0.25) is 0 Å². The van der Waals surface area contributed by atoms with Crippen molar-refractivity contribution in [3.8, 4) is 5.75 Å². The highest BCUT2D eigenvalue weighted by Gasteiger charge is 2.07. The van der Waals surface area contributed by atoms with E-state index in [-0.39, 0.29) is 0 Å². The quantitative estimate of drug-likeness (QED) is 0.524. The van der Waals surface area contributed by atoms with Gasteiger partial charge < -0.3 is 4.74 Å². The van der Waals surface area contributed by atoms with E-state index in [1.54, 1.807) is 0 Å². The zero-order valence-corrected chi connectivity index (χ0v) is 5.71. The Kier molecular flexibility index (Phi) is 1.35. The van der Waals surface area contributed by atoms with E-state index in [1.807, 2.05) is 18.2 Å². The Morgan fingerprint density at radius 2 is 2.10 bits per heavy atom. The molecule has 0 atom stereocenters. The van der Waals surface area contributed by atoms with Crippen LogP contribution in [0.25, 0.3) is 0 Å². The number of ether oxygens (including phenoxy) is 1. The lowest BCUT2D eigenvalue weighted by Crippen LogP contribution is -2.08. The summed E-state index contributed by atoms with van der Waals surface area (Å²) in [4.78, 5) is 0. The van der Waals surface area contributed by atoms with Crippen LogP contribution in [0.1, 0.15) is 5.56 Å². The van der Waals surface area contributed by atoms with Crippen LogP contribution in [-0.4, -0.2) is 6.61 Å². The van der Waals surface area contributed by atoms with Crippen LogP contribution >= 0.6 is 0 Å². The van der Waals surface area contributed by atoms with Crippen molar-refractivity contribution in [2.75, 3.05) is 6.61 Å². The second kappa shape index (κ2) is 2.33. The van der Waals surface area contributed by atoms with Crippen molar-refractivity contribution in [3.63, 3.8) is 0 Å². The highest BCUT2D eigenvalue weighted by Crippen LogP contribution is 2.22. The fourth-order valence-corrected chi connectivity index (χ4v) is 1.18. The molecule has 1 aromatic rings. The molecule has 2 rings (SSSR count). The molecule has 0 spiro atoms. The van der Waals surface area contributed by atoms with E-state index in [0.29, 0.717) is 0 Å². The minimum Gasteiger partial charge on any atom is -0.493 e. The topological polar surface area (TPSA) is 9.23 Å². The third-order valence-corrected chi connectivity index (χ3v) is 1.69. The van der Waals surface area contributed by atoms with Crippen molar-refractivity contribution < 1.29 is 4.74 Å². The van der Waals surface area contributed by atoms with E-state index in [9.17, 15) is 0 Å². The first-order valence-corrected chi connectivity index (χ1v) is 3.49. The third-order valence-electron chi connectivity index (χ3n) is 1.69. The van der Waals surface area contributed by atoms with Gasteiger partial charge in [0.1, 0.15) is 5.75 Å². The normalized spacial score (nSPS) is 15.6. The molecule has 0 N–H and O–H groups in total. The summed E-state index contributed by atoms with van der Waals surface area (Å²) in [5.74, 6) is 1.05. The molecule has 1 radical (unpaired) electrons. The van der Waals surface area contributed by atoms with Gasteiger partial charge in [-0.25, -0.2) is 0 Å². The Labute approximate surface area is 60.6 Å². The molecule has 1 aliphatic heterocycles. The predicted octanol–water partition coefficient (Wildman–Crippen LogP) is 1.83. The fourth-order valence-electron chi connectivity index (χ4n) is 1.18. The molecule has 1 heteroatoms. The van der Waals surface area contributed by atoms with Crippen LogP contribution in [0.4, 0.5) is 0 Å². The summed E-state index contributed by atoms with van der Waals surface area (Å²) in [6, 6.07) is 8.17. The van der Waals surface area contributed by atoms with Crippen LogP contribution in [-0.2, 0) is 6.42 Å². The largest absolute Gasteiger partial charge is 0.493 e. The molecule has 51 valence electrons. The Balaban J connectivity index is 2.41. The van der Waals surface area contributed by atoms with Gasteiger partial charge in [-0.2, -0.15) is 0 Å². The van der Waals surface area contributed by atoms with Gasteiger partial charge in [0, 0.05) is 6.42 Å². The summed E-state index contributed by atoms with van der Waals surface area (Å²) in [5.41, 5.74) is 1.30. The maximum absolute atomic E-state index is 5.37. The lowest BCUT2D eigenvalue weighted by molar-refractivity contribution is 0.328. The Morgan fingerprint density at radius 1 is 1.20 bits per heavy atom. The standard InChI is InChI=1S/C9H9O/c1-2-6-9-8(4-1)5-3-7-10-9/h1-4,6H,5,7H2. The Hall–Kier alpha value is -0.980. The first-order valence-electron chi connectivity index (χ1n) is 3.49. The monoisotopic (exact) mass is 133 g/mol. The van der Waals surface area contributed by atoms with Gasteiger partial charge in [-0.1, -0.05) is 18.2 Å². The highest BCUT2D eigenvalue weighted by atomic mass is 16.5. The number of benzene rings is 1. The second-order valence-electron chi connectivity index (χ2n) is 2.41. The molecule has 10 heavy (non-hydrogen) atoms. The van der Waals surface area contributed by atoms with E-state index in [4.69, 9.17) is 4.74 Å². The van der Waals surface area contributed by atoms with E-state index in [2.05, 4.69) is 12.5 Å². The summed E-state index contributed by atoms with van der Waals surface area (Å²) in [6.07, 6.45) is 3.19. The first kappa shape index (κ1) is 5.78. The van der Waals surface area contributed by atoms with Crippen LogP contribution in [0, 0.1) is 6.42 Å². The van der Waals surface area contributed by atoms with E-state index < -0.39 is 0 Å². The van der Waals surface area contributed by atoms with Gasteiger partial charge in [0.25, 0.3) is 0 Å². The summed E-state index contributed by atoms with van der Waals surface area (Å²) in [7, 11) is 0. The number of hydrogen-bond donors (Lipinski definition) is 0. The first-order chi connectivity index (χ1) is 4.97. The maximum atomic E-state index is 5.37. The van der Waals surface area contributed by atoms with Crippen LogP contribution in [0.2, 0.25) is 0 Å². The number of para-hydroxylation sites is 1. The number of rotatable bonds is 0. The second-order valence-corrected chi connectivity index (χ2v) is 2.41. The average molecular weight is 133 g/mol. The van der Waals surface area contributed by atoms with Gasteiger partial charge in [-0.05, 0) is 18.1 Å². The van der Waals surface area contributed by atoms with Crippen LogP contribution in [0.15, 0.2) is 24.3 Å². The zero-order chi connectivity index (χ0) is 6.81. The molecule has 1 nitrogen and oxygen atoms in total. The summed E-state index contributed by atoms with van der Waals surface area (Å²) in [5, 5.41) is 0. The van der Waals surface area contributed by atoms with Crippen molar-refractivity contribution >= 4 is 0 Å². The molecule has 1 heterocycles. The molecule has 0 fully saturated rings. The predicted molar refractivity (Wildman–Crippen MR) is 39.9 cm³/mol. The molecule has 0 amide bonds. The smallest absolute Gasteiger partial charge is 0.122 e. The fraction of sp³-hybridized carbons (Fsp3) is 0.222. The SMILES string of the molecule is [CH]1COc2ccccc2C1. The summed E-state index contributed by atoms with van der Waals surface area (Å²) < 4.78 is 5.37. The van der Waals surface area contributed by atoms with Crippen molar-refractivity contribution in [1.29, 1.82) is 0 Å². The van der Waals surface area contributed by atoms with Crippen LogP contribution in [0.5, 0.6) is 5.75 Å². The molecule has 0 saturated heterocycles. The van der Waals surface area contributed by atoms with E-state index in [1.165, 1.54) is 5.56 Å². The third kappa shape index (κ3) is 0.878. The van der Waals surface area contributed by atoms with Gasteiger partial charge in [0.05, 0.1) is 6.61 Å². The summed E-state index contributed by atoms with van der Waals surface area (Å²) in [6.45, 7) is 0.761. The lowest BCUT2D eigenvalue weighted by Gasteiger charge is -2.15. The van der Waals surface area contributed by atoms with Gasteiger partial charge in [-0.15, -0.1) is 0 Å². The van der Waals surface area contributed by atoms with Crippen molar-refractivity contribution in [2.24, 2.45) is 0 Å². The average Bonchev–Trinajstić information content (AvgIpc) is 2.05. The molecule has 0 aliphatic carbocycles. The van der Waals surface area contributed by atoms with Gasteiger partial charge >= 0.3 is 0 Å².